The maximum absolute atomic E-state index is 11.1. The number of rotatable bonds is 2. The van der Waals surface area contributed by atoms with E-state index in [4.69, 9.17) is 4.43 Å². The fraction of sp³-hybridized carbons (Fsp3) is 0.667. The third-order valence-electron chi connectivity index (χ3n) is 8.28. The lowest BCUT2D eigenvalue weighted by Crippen LogP contribution is -2.46. The van der Waals surface area contributed by atoms with Gasteiger partial charge in [-0.3, -0.25) is 0 Å². The lowest BCUT2D eigenvalue weighted by atomic mass is 9.55. The molecule has 154 valence electrons. The van der Waals surface area contributed by atoms with E-state index in [1.807, 2.05) is 6.07 Å². The van der Waals surface area contributed by atoms with E-state index >= 15 is 0 Å². The van der Waals surface area contributed by atoms with Crippen molar-refractivity contribution in [3.8, 4) is 11.5 Å². The first kappa shape index (κ1) is 20.0. The maximum atomic E-state index is 11.1. The molecule has 0 saturated heterocycles. The van der Waals surface area contributed by atoms with Crippen LogP contribution < -0.4 is 4.43 Å². The lowest BCUT2D eigenvalue weighted by Gasteiger charge is -2.50. The predicted molar refractivity (Wildman–Crippen MR) is 116 cm³/mol. The van der Waals surface area contributed by atoms with E-state index in [1.54, 1.807) is 0 Å². The van der Waals surface area contributed by atoms with Crippen LogP contribution in [0.25, 0.3) is 0 Å². The minimum Gasteiger partial charge on any atom is -0.543 e. The fourth-order valence-corrected chi connectivity index (χ4v) is 6.63. The molecule has 1 aromatic carbocycles. The summed E-state index contributed by atoms with van der Waals surface area (Å²) in [5, 5.41) is 22.2. The van der Waals surface area contributed by atoms with Crippen LogP contribution in [0.3, 0.4) is 0 Å². The molecule has 3 aliphatic carbocycles. The van der Waals surface area contributed by atoms with Crippen molar-refractivity contribution >= 4 is 8.32 Å². The minimum atomic E-state index is -1.98. The van der Waals surface area contributed by atoms with Gasteiger partial charge in [-0.15, -0.1) is 0 Å². The summed E-state index contributed by atoms with van der Waals surface area (Å²) in [5.41, 5.74) is 2.42. The summed E-state index contributed by atoms with van der Waals surface area (Å²) in [6.45, 7) is 13.5. The highest BCUT2D eigenvalue weighted by Gasteiger charge is 2.52. The molecule has 0 heterocycles. The fourth-order valence-electron chi connectivity index (χ4n) is 5.62. The molecule has 1 fully saturated rings. The quantitative estimate of drug-likeness (QED) is 0.489. The van der Waals surface area contributed by atoms with Crippen molar-refractivity contribution in [2.75, 3.05) is 0 Å². The molecule has 2 N–H and O–H groups in total. The van der Waals surface area contributed by atoms with Crippen molar-refractivity contribution in [3.63, 3.8) is 0 Å². The van der Waals surface area contributed by atoms with Crippen LogP contribution in [0.2, 0.25) is 18.1 Å². The Morgan fingerprint density at radius 3 is 2.61 bits per heavy atom. The van der Waals surface area contributed by atoms with Crippen molar-refractivity contribution < 1.29 is 14.6 Å². The number of hydrogen-bond donors (Lipinski definition) is 2. The predicted octanol–water partition coefficient (Wildman–Crippen LogP) is 5.77. The van der Waals surface area contributed by atoms with Gasteiger partial charge in [0.15, 0.2) is 0 Å². The topological polar surface area (TPSA) is 49.7 Å². The van der Waals surface area contributed by atoms with Gasteiger partial charge in [0.1, 0.15) is 11.5 Å². The molecule has 0 amide bonds. The smallest absolute Gasteiger partial charge is 0.250 e. The molecule has 1 aromatic rings. The number of aliphatic hydroxyl groups excluding tert-OH is 1. The zero-order chi connectivity index (χ0) is 20.5. The number of aliphatic hydroxyl groups is 1. The van der Waals surface area contributed by atoms with Gasteiger partial charge < -0.3 is 14.6 Å². The molecule has 0 bridgehead atoms. The van der Waals surface area contributed by atoms with E-state index in [1.165, 1.54) is 0 Å². The highest BCUT2D eigenvalue weighted by Crippen LogP contribution is 2.60. The molecule has 1 saturated carbocycles. The molecule has 5 atom stereocenters. The number of phenolic OH excluding ortho intramolecular Hbond substituents is 1. The number of hydrogen-bond acceptors (Lipinski definition) is 3. The monoisotopic (exact) mass is 400 g/mol. The van der Waals surface area contributed by atoms with Crippen LogP contribution in [-0.4, -0.2) is 24.6 Å². The highest BCUT2D eigenvalue weighted by atomic mass is 28.4. The average molecular weight is 401 g/mol. The highest BCUT2D eigenvalue weighted by molar-refractivity contribution is 6.74. The second kappa shape index (κ2) is 6.37. The molecule has 0 aliphatic heterocycles. The number of fused-ring (bicyclic) bond motifs is 5. The Morgan fingerprint density at radius 1 is 1.21 bits per heavy atom. The molecule has 4 rings (SSSR count). The normalized spacial score (nSPS) is 34.5. The second-order valence-corrected chi connectivity index (χ2v) is 15.9. The van der Waals surface area contributed by atoms with E-state index in [9.17, 15) is 10.2 Å². The van der Waals surface area contributed by atoms with Crippen LogP contribution in [0.4, 0.5) is 0 Å². The van der Waals surface area contributed by atoms with Crippen LogP contribution in [0.5, 0.6) is 11.5 Å². The van der Waals surface area contributed by atoms with E-state index in [-0.39, 0.29) is 28.4 Å². The van der Waals surface area contributed by atoms with Crippen LogP contribution >= 0.6 is 0 Å². The van der Waals surface area contributed by atoms with Gasteiger partial charge in [0.25, 0.3) is 0 Å². The maximum Gasteiger partial charge on any atom is 0.250 e. The molecule has 3 nitrogen and oxygen atoms in total. The van der Waals surface area contributed by atoms with Gasteiger partial charge in [-0.2, -0.15) is 0 Å². The molecule has 0 radical (unpaired) electrons. The number of aromatic hydroxyl groups is 1. The summed E-state index contributed by atoms with van der Waals surface area (Å²) in [7, 11) is -1.98. The van der Waals surface area contributed by atoms with Gasteiger partial charge in [-0.05, 0) is 78.6 Å². The van der Waals surface area contributed by atoms with Crippen LogP contribution in [0.15, 0.2) is 24.3 Å². The first-order valence-corrected chi connectivity index (χ1v) is 13.7. The molecule has 4 heteroatoms. The van der Waals surface area contributed by atoms with Crippen LogP contribution in [0, 0.1) is 17.3 Å². The van der Waals surface area contributed by atoms with Crippen LogP contribution in [0.1, 0.15) is 64.0 Å². The van der Waals surface area contributed by atoms with Crippen molar-refractivity contribution in [1.82, 2.24) is 0 Å². The van der Waals surface area contributed by atoms with Gasteiger partial charge in [-0.25, -0.2) is 0 Å². The summed E-state index contributed by atoms with van der Waals surface area (Å²) in [6, 6.07) is 3.92. The number of allylic oxidation sites excluding steroid dienone is 2. The Kier molecular flexibility index (Phi) is 4.55. The van der Waals surface area contributed by atoms with E-state index in [2.05, 4.69) is 59.0 Å². The molecule has 0 aromatic heterocycles. The van der Waals surface area contributed by atoms with Gasteiger partial charge in [0, 0.05) is 11.6 Å². The summed E-state index contributed by atoms with van der Waals surface area (Å²) in [4.78, 5) is 0. The Balaban J connectivity index is 1.69. The molecule has 1 unspecified atom stereocenters. The van der Waals surface area contributed by atoms with Gasteiger partial charge >= 0.3 is 0 Å². The first-order chi connectivity index (χ1) is 12.9. The lowest BCUT2D eigenvalue weighted by molar-refractivity contribution is -0.0130. The SMILES string of the molecule is CC(C)(C)[Si](C)(C)Oc1cc(O)c2c(c1)CC(O)[C@@H]1[C@@H]2CC[C@]2(C)CC=C[C@@H]12. The Morgan fingerprint density at radius 2 is 1.93 bits per heavy atom. The van der Waals surface area contributed by atoms with E-state index in [0.29, 0.717) is 18.1 Å². The largest absolute Gasteiger partial charge is 0.543 e. The van der Waals surface area contributed by atoms with E-state index < -0.39 is 8.32 Å². The Hall–Kier alpha value is -1.26. The van der Waals surface area contributed by atoms with Crippen molar-refractivity contribution in [3.05, 3.63) is 35.4 Å². The summed E-state index contributed by atoms with van der Waals surface area (Å²) < 4.78 is 6.46. The summed E-state index contributed by atoms with van der Waals surface area (Å²) in [6.07, 6.45) is 8.19. The minimum absolute atomic E-state index is 0.103. The van der Waals surface area contributed by atoms with Gasteiger partial charge in [0.05, 0.1) is 6.10 Å². The number of benzene rings is 1. The molecular formula is C24H36O3Si. The zero-order valence-corrected chi connectivity index (χ0v) is 19.2. The standard InChI is InChI=1S/C24H36O3Si/c1-23(2,3)28(5,6)27-16-12-15-13-19(25)22-17(21(15)20(26)14-16)9-11-24(4)10-7-8-18(22)24/h7-8,12,14,17-19,22,25-26H,9-11,13H2,1-6H3/t17-,18+,19?,22-,24+/m1/s1. The molecule has 0 spiro atoms. The van der Waals surface area contributed by atoms with E-state index in [0.717, 1.165) is 36.1 Å². The molecule has 28 heavy (non-hydrogen) atoms. The van der Waals surface area contributed by atoms with Crippen molar-refractivity contribution in [2.45, 2.75) is 83.5 Å². The van der Waals surface area contributed by atoms with Gasteiger partial charge in [-0.1, -0.05) is 39.8 Å². The molecule has 3 aliphatic rings. The third-order valence-corrected chi connectivity index (χ3v) is 12.6. The number of phenols is 1. The van der Waals surface area contributed by atoms with Crippen molar-refractivity contribution in [2.24, 2.45) is 17.3 Å². The van der Waals surface area contributed by atoms with Crippen molar-refractivity contribution in [1.29, 1.82) is 0 Å². The first-order valence-electron chi connectivity index (χ1n) is 10.8. The third kappa shape index (κ3) is 3.04. The Labute approximate surface area is 170 Å². The zero-order valence-electron chi connectivity index (χ0n) is 18.2. The van der Waals surface area contributed by atoms with Gasteiger partial charge in [0.2, 0.25) is 8.32 Å². The summed E-state index contributed by atoms with van der Waals surface area (Å²) in [5.74, 6) is 1.98. The molecular weight excluding hydrogens is 364 g/mol. The summed E-state index contributed by atoms with van der Waals surface area (Å²) >= 11 is 0. The Bertz CT molecular complexity index is 807. The average Bonchev–Trinajstić information content (AvgIpc) is 2.94. The second-order valence-electron chi connectivity index (χ2n) is 11.2. The van der Waals surface area contributed by atoms with Crippen LogP contribution in [-0.2, 0) is 6.42 Å².